The summed E-state index contributed by atoms with van der Waals surface area (Å²) in [6.07, 6.45) is 2.37. The highest BCUT2D eigenvalue weighted by atomic mass is 32.2. The molecule has 2 heterocycles. The van der Waals surface area contributed by atoms with Crippen molar-refractivity contribution in [2.75, 3.05) is 26.0 Å². The lowest BCUT2D eigenvalue weighted by Crippen LogP contribution is -2.35. The van der Waals surface area contributed by atoms with Gasteiger partial charge >= 0.3 is 0 Å². The van der Waals surface area contributed by atoms with E-state index in [0.29, 0.717) is 12.3 Å². The monoisotopic (exact) mass is 293 g/mol. The lowest BCUT2D eigenvalue weighted by atomic mass is 10.1. The summed E-state index contributed by atoms with van der Waals surface area (Å²) in [5, 5.41) is 0.109. The van der Waals surface area contributed by atoms with Crippen LogP contribution in [0.15, 0.2) is 24.3 Å². The fourth-order valence-corrected chi connectivity index (χ4v) is 3.90. The van der Waals surface area contributed by atoms with E-state index in [1.54, 1.807) is 18.9 Å². The molecule has 1 aromatic carbocycles. The molecule has 1 aromatic rings. The van der Waals surface area contributed by atoms with E-state index < -0.39 is 0 Å². The number of carbonyl (C=O) groups excluding carboxylic acids is 1. The summed E-state index contributed by atoms with van der Waals surface area (Å²) >= 11 is 1.69. The molecule has 2 saturated heterocycles. The summed E-state index contributed by atoms with van der Waals surface area (Å²) in [6.45, 7) is 1.54. The molecule has 2 aliphatic rings. The molecule has 0 spiro atoms. The molecule has 2 atom stereocenters. The Kier molecular flexibility index (Phi) is 4.17. The quantitative estimate of drug-likeness (QED) is 0.855. The van der Waals surface area contributed by atoms with Crippen molar-refractivity contribution in [1.29, 1.82) is 0 Å². The van der Waals surface area contributed by atoms with Crippen LogP contribution < -0.4 is 4.74 Å². The van der Waals surface area contributed by atoms with Gasteiger partial charge in [0.05, 0.1) is 19.0 Å². The predicted octanol–water partition coefficient (Wildman–Crippen LogP) is 2.45. The van der Waals surface area contributed by atoms with Gasteiger partial charge in [0.25, 0.3) is 0 Å². The van der Waals surface area contributed by atoms with E-state index in [1.807, 2.05) is 29.2 Å². The zero-order valence-corrected chi connectivity index (χ0v) is 12.4. The van der Waals surface area contributed by atoms with E-state index in [0.717, 1.165) is 30.8 Å². The number of amides is 1. The van der Waals surface area contributed by atoms with Crippen LogP contribution in [0.4, 0.5) is 0 Å². The number of hydrogen-bond donors (Lipinski definition) is 0. The highest BCUT2D eigenvalue weighted by Gasteiger charge is 2.35. The first kappa shape index (κ1) is 13.8. The maximum absolute atomic E-state index is 12.1. The topological polar surface area (TPSA) is 38.8 Å². The van der Waals surface area contributed by atoms with Gasteiger partial charge in [-0.3, -0.25) is 4.79 Å². The Bertz CT molecular complexity index is 471. The first-order valence-electron chi connectivity index (χ1n) is 6.94. The van der Waals surface area contributed by atoms with Gasteiger partial charge in [0.2, 0.25) is 5.91 Å². The zero-order chi connectivity index (χ0) is 13.9. The van der Waals surface area contributed by atoms with Gasteiger partial charge in [0, 0.05) is 13.2 Å². The number of thioether (sulfide) groups is 1. The van der Waals surface area contributed by atoms with Gasteiger partial charge in [-0.15, -0.1) is 11.8 Å². The van der Waals surface area contributed by atoms with Gasteiger partial charge < -0.3 is 14.4 Å². The Hall–Kier alpha value is -1.20. The van der Waals surface area contributed by atoms with Gasteiger partial charge in [-0.05, 0) is 30.5 Å². The predicted molar refractivity (Wildman–Crippen MR) is 78.9 cm³/mol. The second kappa shape index (κ2) is 6.06. The van der Waals surface area contributed by atoms with Gasteiger partial charge in [-0.2, -0.15) is 0 Å². The maximum Gasteiger partial charge on any atom is 0.233 e. The van der Waals surface area contributed by atoms with Crippen molar-refractivity contribution in [2.45, 2.75) is 24.3 Å². The molecule has 0 unspecified atom stereocenters. The van der Waals surface area contributed by atoms with Crippen LogP contribution in [0.1, 0.15) is 23.8 Å². The second-order valence-corrected chi connectivity index (χ2v) is 6.19. The van der Waals surface area contributed by atoms with Gasteiger partial charge in [-0.1, -0.05) is 12.1 Å². The third-order valence-electron chi connectivity index (χ3n) is 3.79. The van der Waals surface area contributed by atoms with Crippen molar-refractivity contribution in [3.63, 3.8) is 0 Å². The Morgan fingerprint density at radius 3 is 2.85 bits per heavy atom. The lowest BCUT2D eigenvalue weighted by molar-refractivity contribution is -0.129. The number of benzene rings is 1. The van der Waals surface area contributed by atoms with Gasteiger partial charge in [0.15, 0.2) is 0 Å². The lowest BCUT2D eigenvalue weighted by Gasteiger charge is -2.26. The summed E-state index contributed by atoms with van der Waals surface area (Å²) in [7, 11) is 1.66. The molecule has 0 N–H and O–H groups in total. The van der Waals surface area contributed by atoms with Gasteiger partial charge in [0.1, 0.15) is 11.1 Å². The van der Waals surface area contributed by atoms with Crippen molar-refractivity contribution < 1.29 is 14.3 Å². The van der Waals surface area contributed by atoms with Crippen LogP contribution in [0.3, 0.4) is 0 Å². The fourth-order valence-electron chi connectivity index (χ4n) is 2.70. The normalized spacial score (nSPS) is 26.2. The minimum atomic E-state index is 0.109. The summed E-state index contributed by atoms with van der Waals surface area (Å²) in [4.78, 5) is 14.1. The first-order chi connectivity index (χ1) is 9.78. The number of carbonyl (C=O) groups is 1. The second-order valence-electron chi connectivity index (χ2n) is 5.12. The standard InChI is InChI=1S/C15H19NO3S/c1-18-12-6-4-11(5-7-12)15-16(14(17)10-20-15)9-13-3-2-8-19-13/h4-7,13,15H,2-3,8-10H2,1H3/t13-,15-/m0/s1. The minimum Gasteiger partial charge on any atom is -0.497 e. The van der Waals surface area contributed by atoms with Crippen LogP contribution in [-0.2, 0) is 9.53 Å². The van der Waals surface area contributed by atoms with E-state index in [2.05, 4.69) is 0 Å². The molecule has 108 valence electrons. The number of hydrogen-bond acceptors (Lipinski definition) is 4. The molecule has 20 heavy (non-hydrogen) atoms. The Balaban J connectivity index is 1.74. The van der Waals surface area contributed by atoms with Crippen LogP contribution in [-0.4, -0.2) is 42.9 Å². The molecule has 2 fully saturated rings. The molecule has 2 aliphatic heterocycles. The molecule has 0 aliphatic carbocycles. The molecule has 3 rings (SSSR count). The highest BCUT2D eigenvalue weighted by Crippen LogP contribution is 2.39. The van der Waals surface area contributed by atoms with E-state index in [1.165, 1.54) is 0 Å². The van der Waals surface area contributed by atoms with Crippen molar-refractivity contribution >= 4 is 17.7 Å². The molecule has 4 nitrogen and oxygen atoms in total. The summed E-state index contributed by atoms with van der Waals surface area (Å²) in [5.41, 5.74) is 1.15. The molecule has 5 heteroatoms. The number of rotatable bonds is 4. The molecule has 1 amide bonds. The molecule has 0 bridgehead atoms. The SMILES string of the molecule is COc1ccc([C@@H]2SCC(=O)N2C[C@@H]2CCCO2)cc1. The Labute approximate surface area is 123 Å². The molecule has 0 radical (unpaired) electrons. The van der Waals surface area contributed by atoms with Crippen molar-refractivity contribution in [3.05, 3.63) is 29.8 Å². The van der Waals surface area contributed by atoms with Crippen molar-refractivity contribution in [1.82, 2.24) is 4.90 Å². The Morgan fingerprint density at radius 2 is 2.20 bits per heavy atom. The van der Waals surface area contributed by atoms with Crippen molar-refractivity contribution in [3.8, 4) is 5.75 Å². The molecule has 0 aromatic heterocycles. The van der Waals surface area contributed by atoms with Gasteiger partial charge in [-0.25, -0.2) is 0 Å². The van der Waals surface area contributed by atoms with E-state index in [-0.39, 0.29) is 17.4 Å². The van der Waals surface area contributed by atoms with Crippen LogP contribution in [0, 0.1) is 0 Å². The number of nitrogens with zero attached hydrogens (tertiary/aromatic N) is 1. The molecular weight excluding hydrogens is 274 g/mol. The van der Waals surface area contributed by atoms with E-state index in [9.17, 15) is 4.79 Å². The summed E-state index contributed by atoms with van der Waals surface area (Å²) < 4.78 is 10.8. The highest BCUT2D eigenvalue weighted by molar-refractivity contribution is 8.00. The Morgan fingerprint density at radius 1 is 1.40 bits per heavy atom. The summed E-state index contributed by atoms with van der Waals surface area (Å²) in [5.74, 6) is 1.61. The molecule has 0 saturated carbocycles. The molecular formula is C15H19NO3S. The van der Waals surface area contributed by atoms with Crippen LogP contribution >= 0.6 is 11.8 Å². The number of ether oxygens (including phenoxy) is 2. The largest absolute Gasteiger partial charge is 0.497 e. The minimum absolute atomic E-state index is 0.109. The summed E-state index contributed by atoms with van der Waals surface area (Å²) in [6, 6.07) is 7.97. The van der Waals surface area contributed by atoms with E-state index in [4.69, 9.17) is 9.47 Å². The average molecular weight is 293 g/mol. The fraction of sp³-hybridized carbons (Fsp3) is 0.533. The number of methoxy groups -OCH3 is 1. The maximum atomic E-state index is 12.1. The third-order valence-corrected chi connectivity index (χ3v) is 5.05. The zero-order valence-electron chi connectivity index (χ0n) is 11.6. The van der Waals surface area contributed by atoms with Crippen LogP contribution in [0.5, 0.6) is 5.75 Å². The average Bonchev–Trinajstić information content (AvgIpc) is 3.11. The first-order valence-corrected chi connectivity index (χ1v) is 7.99. The van der Waals surface area contributed by atoms with Crippen LogP contribution in [0.25, 0.3) is 0 Å². The van der Waals surface area contributed by atoms with E-state index >= 15 is 0 Å². The smallest absolute Gasteiger partial charge is 0.233 e. The van der Waals surface area contributed by atoms with Crippen LogP contribution in [0.2, 0.25) is 0 Å². The van der Waals surface area contributed by atoms with Crippen molar-refractivity contribution in [2.24, 2.45) is 0 Å². The third kappa shape index (κ3) is 2.79.